The smallest absolute Gasteiger partial charge is 0.341 e. The predicted molar refractivity (Wildman–Crippen MR) is 97.0 cm³/mol. The SMILES string of the molecule is CC(C)(C)C(=O)NCC1CCCN(c2ccccc2S(=O)(=O)C(F)F)C1. The number of hydrogen-bond donors (Lipinski definition) is 1. The van der Waals surface area contributed by atoms with Crippen molar-refractivity contribution in [3.63, 3.8) is 0 Å². The molecule has 146 valence electrons. The van der Waals surface area contributed by atoms with E-state index in [9.17, 15) is 22.0 Å². The molecule has 1 unspecified atom stereocenters. The molecule has 1 fully saturated rings. The summed E-state index contributed by atoms with van der Waals surface area (Å²) in [4.78, 5) is 13.5. The first kappa shape index (κ1) is 20.6. The number of anilines is 1. The Morgan fingerprint density at radius 2 is 1.96 bits per heavy atom. The van der Waals surface area contributed by atoms with Crippen LogP contribution < -0.4 is 10.2 Å². The van der Waals surface area contributed by atoms with Gasteiger partial charge in [0.05, 0.1) is 10.6 Å². The van der Waals surface area contributed by atoms with Gasteiger partial charge in [0.1, 0.15) is 0 Å². The molecule has 0 aliphatic carbocycles. The van der Waals surface area contributed by atoms with Crippen LogP contribution in [0.5, 0.6) is 0 Å². The number of piperidine rings is 1. The Kier molecular flexibility index (Phi) is 6.26. The van der Waals surface area contributed by atoms with Crippen LogP contribution >= 0.6 is 0 Å². The Labute approximate surface area is 153 Å². The minimum Gasteiger partial charge on any atom is -0.370 e. The molecule has 0 saturated carbocycles. The van der Waals surface area contributed by atoms with Crippen molar-refractivity contribution < 1.29 is 22.0 Å². The number of hydrogen-bond acceptors (Lipinski definition) is 4. The molecular formula is C18H26F2N2O3S. The highest BCUT2D eigenvalue weighted by Gasteiger charge is 2.32. The molecule has 1 aliphatic rings. The van der Waals surface area contributed by atoms with Crippen molar-refractivity contribution >= 4 is 21.4 Å². The predicted octanol–water partition coefficient (Wildman–Crippen LogP) is 3.06. The van der Waals surface area contributed by atoms with Crippen molar-refractivity contribution in [1.29, 1.82) is 0 Å². The molecule has 26 heavy (non-hydrogen) atoms. The fraction of sp³-hybridized carbons (Fsp3) is 0.611. The van der Waals surface area contributed by atoms with Crippen molar-refractivity contribution in [2.75, 3.05) is 24.5 Å². The molecule has 0 spiro atoms. The van der Waals surface area contributed by atoms with E-state index in [1.54, 1.807) is 12.1 Å². The van der Waals surface area contributed by atoms with Crippen LogP contribution in [0, 0.1) is 11.3 Å². The van der Waals surface area contributed by atoms with Gasteiger partial charge in [-0.1, -0.05) is 32.9 Å². The molecule has 1 heterocycles. The van der Waals surface area contributed by atoms with Gasteiger partial charge in [0.25, 0.3) is 0 Å². The van der Waals surface area contributed by atoms with Gasteiger partial charge >= 0.3 is 5.76 Å². The normalized spacial score (nSPS) is 18.8. The third-order valence-corrected chi connectivity index (χ3v) is 5.93. The van der Waals surface area contributed by atoms with Gasteiger partial charge in [-0.15, -0.1) is 0 Å². The second kappa shape index (κ2) is 7.90. The topological polar surface area (TPSA) is 66.5 Å². The monoisotopic (exact) mass is 388 g/mol. The molecule has 1 aromatic rings. The minimum absolute atomic E-state index is 0.0460. The highest BCUT2D eigenvalue weighted by atomic mass is 32.2. The number of para-hydroxylation sites is 1. The zero-order valence-corrected chi connectivity index (χ0v) is 16.2. The lowest BCUT2D eigenvalue weighted by molar-refractivity contribution is -0.128. The quantitative estimate of drug-likeness (QED) is 0.842. The van der Waals surface area contributed by atoms with Crippen LogP contribution in [0.1, 0.15) is 33.6 Å². The van der Waals surface area contributed by atoms with Crippen LogP contribution in [0.3, 0.4) is 0 Å². The Balaban J connectivity index is 2.15. The number of halogens is 2. The highest BCUT2D eigenvalue weighted by molar-refractivity contribution is 7.91. The van der Waals surface area contributed by atoms with Crippen LogP contribution in [-0.2, 0) is 14.6 Å². The minimum atomic E-state index is -4.66. The summed E-state index contributed by atoms with van der Waals surface area (Å²) in [6, 6.07) is 5.88. The number of amides is 1. The number of alkyl halides is 2. The van der Waals surface area contributed by atoms with Crippen LogP contribution in [0.2, 0.25) is 0 Å². The summed E-state index contributed by atoms with van der Waals surface area (Å²) in [5.74, 6) is -3.36. The Morgan fingerprint density at radius 3 is 2.58 bits per heavy atom. The third kappa shape index (κ3) is 4.72. The van der Waals surface area contributed by atoms with E-state index < -0.39 is 21.0 Å². The molecule has 1 amide bonds. The molecule has 0 bridgehead atoms. The van der Waals surface area contributed by atoms with Crippen molar-refractivity contribution in [3.8, 4) is 0 Å². The lowest BCUT2D eigenvalue weighted by Crippen LogP contribution is -2.43. The zero-order valence-electron chi connectivity index (χ0n) is 15.3. The van der Waals surface area contributed by atoms with Crippen molar-refractivity contribution in [2.24, 2.45) is 11.3 Å². The number of nitrogens with one attached hydrogen (secondary N) is 1. The van der Waals surface area contributed by atoms with Gasteiger partial charge in [0.2, 0.25) is 15.7 Å². The van der Waals surface area contributed by atoms with E-state index in [0.717, 1.165) is 12.8 Å². The number of rotatable bonds is 5. The largest absolute Gasteiger partial charge is 0.370 e. The first-order chi connectivity index (χ1) is 12.0. The van der Waals surface area contributed by atoms with Crippen molar-refractivity contribution in [2.45, 2.75) is 44.3 Å². The molecule has 0 aromatic heterocycles. The molecule has 8 heteroatoms. The molecule has 2 rings (SSSR count). The third-order valence-electron chi connectivity index (χ3n) is 4.50. The van der Waals surface area contributed by atoms with Gasteiger partial charge in [-0.3, -0.25) is 4.79 Å². The van der Waals surface area contributed by atoms with Gasteiger partial charge in [-0.05, 0) is 30.9 Å². The lowest BCUT2D eigenvalue weighted by Gasteiger charge is -2.35. The Morgan fingerprint density at radius 1 is 1.31 bits per heavy atom. The number of carbonyl (C=O) groups excluding carboxylic acids is 1. The molecule has 1 atom stereocenters. The van der Waals surface area contributed by atoms with Gasteiger partial charge < -0.3 is 10.2 Å². The second-order valence-electron chi connectivity index (χ2n) is 7.69. The zero-order chi connectivity index (χ0) is 19.5. The average molecular weight is 388 g/mol. The van der Waals surface area contributed by atoms with Gasteiger partial charge in [0.15, 0.2) is 0 Å². The van der Waals surface area contributed by atoms with Crippen LogP contribution in [0.15, 0.2) is 29.2 Å². The highest BCUT2D eigenvalue weighted by Crippen LogP contribution is 2.32. The molecule has 0 radical (unpaired) electrons. The van der Waals surface area contributed by atoms with E-state index in [-0.39, 0.29) is 16.7 Å². The van der Waals surface area contributed by atoms with E-state index in [0.29, 0.717) is 25.3 Å². The van der Waals surface area contributed by atoms with Crippen molar-refractivity contribution in [3.05, 3.63) is 24.3 Å². The summed E-state index contributed by atoms with van der Waals surface area (Å²) in [5, 5.41) is 2.92. The van der Waals surface area contributed by atoms with Gasteiger partial charge in [-0.25, -0.2) is 8.42 Å². The van der Waals surface area contributed by atoms with Gasteiger partial charge in [-0.2, -0.15) is 8.78 Å². The maximum absolute atomic E-state index is 13.0. The summed E-state index contributed by atoms with van der Waals surface area (Å²) in [6.45, 7) is 7.10. The Hall–Kier alpha value is -1.70. The van der Waals surface area contributed by atoms with Gasteiger partial charge in [0, 0.05) is 25.0 Å². The summed E-state index contributed by atoms with van der Waals surface area (Å²) in [6.07, 6.45) is 1.70. The van der Waals surface area contributed by atoms with E-state index in [1.807, 2.05) is 25.7 Å². The second-order valence-corrected chi connectivity index (χ2v) is 9.57. The number of sulfone groups is 1. The van der Waals surface area contributed by atoms with E-state index in [2.05, 4.69) is 5.32 Å². The summed E-state index contributed by atoms with van der Waals surface area (Å²) in [7, 11) is -4.66. The molecular weight excluding hydrogens is 362 g/mol. The van der Waals surface area contributed by atoms with Crippen LogP contribution in [-0.4, -0.2) is 39.7 Å². The first-order valence-electron chi connectivity index (χ1n) is 8.68. The molecule has 1 aromatic carbocycles. The fourth-order valence-electron chi connectivity index (χ4n) is 3.01. The summed E-state index contributed by atoms with van der Waals surface area (Å²) >= 11 is 0. The van der Waals surface area contributed by atoms with Crippen LogP contribution in [0.25, 0.3) is 0 Å². The first-order valence-corrected chi connectivity index (χ1v) is 10.2. The summed E-state index contributed by atoms with van der Waals surface area (Å²) < 4.78 is 49.9. The van der Waals surface area contributed by atoms with E-state index in [4.69, 9.17) is 0 Å². The van der Waals surface area contributed by atoms with E-state index >= 15 is 0 Å². The fourth-order valence-corrected chi connectivity index (χ4v) is 3.96. The maximum Gasteiger partial charge on any atom is 0.341 e. The molecule has 1 saturated heterocycles. The Bertz CT molecular complexity index is 745. The average Bonchev–Trinajstić information content (AvgIpc) is 2.59. The number of carbonyl (C=O) groups is 1. The standard InChI is InChI=1S/C18H26F2N2O3S/c1-18(2,3)16(23)21-11-13-7-6-10-22(12-13)14-8-4-5-9-15(14)26(24,25)17(19)20/h4-5,8-9,13,17H,6-7,10-12H2,1-3H3,(H,21,23). The number of benzene rings is 1. The van der Waals surface area contributed by atoms with E-state index in [1.165, 1.54) is 12.1 Å². The number of nitrogens with zero attached hydrogens (tertiary/aromatic N) is 1. The lowest BCUT2D eigenvalue weighted by atomic mass is 9.94. The summed E-state index contributed by atoms with van der Waals surface area (Å²) in [5.41, 5.74) is -0.175. The van der Waals surface area contributed by atoms with Crippen LogP contribution in [0.4, 0.5) is 14.5 Å². The molecule has 1 N–H and O–H groups in total. The van der Waals surface area contributed by atoms with Crippen molar-refractivity contribution in [1.82, 2.24) is 5.32 Å². The molecule has 1 aliphatic heterocycles. The molecule has 5 nitrogen and oxygen atoms in total. The maximum atomic E-state index is 13.0.